The van der Waals surface area contributed by atoms with Crippen LogP contribution in [0.25, 0.3) is 44.5 Å². The summed E-state index contributed by atoms with van der Waals surface area (Å²) in [5, 5.41) is 19.5. The molecule has 0 amide bonds. The van der Waals surface area contributed by atoms with Crippen molar-refractivity contribution in [2.24, 2.45) is 0 Å². The van der Waals surface area contributed by atoms with Gasteiger partial charge in [0.25, 0.3) is 0 Å². The van der Waals surface area contributed by atoms with Gasteiger partial charge in [-0.1, -0.05) is 24.3 Å². The summed E-state index contributed by atoms with van der Waals surface area (Å²) in [5.74, 6) is 1.55. The molecule has 1 aliphatic rings. The third-order valence-corrected chi connectivity index (χ3v) is 6.93. The van der Waals surface area contributed by atoms with E-state index in [-0.39, 0.29) is 5.41 Å². The van der Waals surface area contributed by atoms with Crippen LogP contribution in [0, 0.1) is 18.3 Å². The van der Waals surface area contributed by atoms with Gasteiger partial charge >= 0.3 is 0 Å². The van der Waals surface area contributed by atoms with Crippen LogP contribution in [0.3, 0.4) is 0 Å². The molecule has 0 unspecified atom stereocenters. The SMILES string of the molecule is Cc1nnc2n(-c3ccc(C4(C#N)CC4)cc3)c3c4cc(-c5cccnc5)ccc4ncc3n12. The number of fused-ring (bicyclic) bond motifs is 5. The van der Waals surface area contributed by atoms with Gasteiger partial charge in [-0.3, -0.25) is 18.9 Å². The zero-order valence-electron chi connectivity index (χ0n) is 18.5. The molecular weight excluding hydrogens is 422 g/mol. The first kappa shape index (κ1) is 18.9. The summed E-state index contributed by atoms with van der Waals surface area (Å²) in [7, 11) is 0. The van der Waals surface area contributed by atoms with Gasteiger partial charge in [0.2, 0.25) is 5.78 Å². The average molecular weight is 441 g/mol. The lowest BCUT2D eigenvalue weighted by atomic mass is 9.97. The Kier molecular flexibility index (Phi) is 3.74. The molecule has 0 radical (unpaired) electrons. The lowest BCUT2D eigenvalue weighted by Crippen LogP contribution is -2.03. The van der Waals surface area contributed by atoms with E-state index in [1.54, 1.807) is 6.20 Å². The lowest BCUT2D eigenvalue weighted by molar-refractivity contribution is 0.906. The van der Waals surface area contributed by atoms with Crippen molar-refractivity contribution in [2.45, 2.75) is 25.2 Å². The maximum Gasteiger partial charge on any atom is 0.241 e. The summed E-state index contributed by atoms with van der Waals surface area (Å²) < 4.78 is 4.19. The molecular formula is C27H19N7. The van der Waals surface area contributed by atoms with E-state index in [0.29, 0.717) is 0 Å². The molecule has 7 nitrogen and oxygen atoms in total. The fourth-order valence-corrected chi connectivity index (χ4v) is 4.92. The van der Waals surface area contributed by atoms with E-state index in [4.69, 9.17) is 4.98 Å². The molecule has 1 fully saturated rings. The van der Waals surface area contributed by atoms with Crippen LogP contribution in [0.1, 0.15) is 24.2 Å². The highest BCUT2D eigenvalue weighted by atomic mass is 15.3. The summed E-state index contributed by atoms with van der Waals surface area (Å²) in [4.78, 5) is 9.03. The van der Waals surface area contributed by atoms with Gasteiger partial charge in [0, 0.05) is 29.0 Å². The van der Waals surface area contributed by atoms with E-state index in [2.05, 4.69) is 74.3 Å². The molecule has 4 aromatic heterocycles. The number of pyridine rings is 2. The van der Waals surface area contributed by atoms with Crippen LogP contribution in [-0.4, -0.2) is 29.1 Å². The van der Waals surface area contributed by atoms with E-state index < -0.39 is 0 Å². The highest BCUT2D eigenvalue weighted by Crippen LogP contribution is 2.47. The Morgan fingerprint density at radius 3 is 2.56 bits per heavy atom. The molecule has 0 atom stereocenters. The number of aromatic nitrogens is 6. The first-order chi connectivity index (χ1) is 16.7. The third-order valence-electron chi connectivity index (χ3n) is 6.93. The van der Waals surface area contributed by atoms with E-state index >= 15 is 0 Å². The van der Waals surface area contributed by atoms with Gasteiger partial charge in [-0.2, -0.15) is 5.26 Å². The number of hydrogen-bond acceptors (Lipinski definition) is 5. The van der Waals surface area contributed by atoms with Crippen LogP contribution < -0.4 is 0 Å². The third kappa shape index (κ3) is 2.57. The topological polar surface area (TPSA) is 84.7 Å². The number of imidazole rings is 1. The van der Waals surface area contributed by atoms with Crippen LogP contribution in [-0.2, 0) is 5.41 Å². The molecule has 34 heavy (non-hydrogen) atoms. The van der Waals surface area contributed by atoms with Crippen molar-refractivity contribution in [2.75, 3.05) is 0 Å². The second kappa shape index (κ2) is 6.72. The minimum absolute atomic E-state index is 0.312. The molecule has 0 N–H and O–H groups in total. The van der Waals surface area contributed by atoms with Gasteiger partial charge < -0.3 is 0 Å². The lowest BCUT2D eigenvalue weighted by Gasteiger charge is -2.11. The molecule has 0 saturated heterocycles. The normalized spacial score (nSPS) is 14.6. The van der Waals surface area contributed by atoms with Gasteiger partial charge in [-0.05, 0) is 61.2 Å². The van der Waals surface area contributed by atoms with E-state index in [9.17, 15) is 5.26 Å². The molecule has 1 saturated carbocycles. The summed E-state index contributed by atoms with van der Waals surface area (Å²) >= 11 is 0. The minimum Gasteiger partial charge on any atom is -0.276 e. The Hall–Kier alpha value is -4.57. The summed E-state index contributed by atoms with van der Waals surface area (Å²) in [6, 6.07) is 21.1. The number of hydrogen-bond donors (Lipinski definition) is 0. The number of aryl methyl sites for hydroxylation is 1. The van der Waals surface area contributed by atoms with Crippen molar-refractivity contribution >= 4 is 27.7 Å². The van der Waals surface area contributed by atoms with Crippen molar-refractivity contribution < 1.29 is 0 Å². The number of rotatable bonds is 3. The van der Waals surface area contributed by atoms with Crippen molar-refractivity contribution in [3.63, 3.8) is 0 Å². The Balaban J connectivity index is 1.53. The first-order valence-corrected chi connectivity index (χ1v) is 11.3. The maximum absolute atomic E-state index is 9.60. The van der Waals surface area contributed by atoms with Crippen LogP contribution >= 0.6 is 0 Å². The predicted molar refractivity (Wildman–Crippen MR) is 130 cm³/mol. The monoisotopic (exact) mass is 441 g/mol. The Morgan fingerprint density at radius 2 is 1.82 bits per heavy atom. The van der Waals surface area contributed by atoms with Crippen LogP contribution in [0.15, 0.2) is 73.2 Å². The van der Waals surface area contributed by atoms with Crippen LogP contribution in [0.2, 0.25) is 0 Å². The van der Waals surface area contributed by atoms with E-state index in [1.165, 1.54) is 0 Å². The molecule has 0 bridgehead atoms. The smallest absolute Gasteiger partial charge is 0.241 e. The number of nitriles is 1. The molecule has 2 aromatic carbocycles. The zero-order valence-corrected chi connectivity index (χ0v) is 18.5. The molecule has 7 rings (SSSR count). The first-order valence-electron chi connectivity index (χ1n) is 11.3. The summed E-state index contributed by atoms with van der Waals surface area (Å²) in [5.41, 5.74) is 6.76. The fourth-order valence-electron chi connectivity index (χ4n) is 4.92. The molecule has 1 aliphatic carbocycles. The van der Waals surface area contributed by atoms with Crippen LogP contribution in [0.5, 0.6) is 0 Å². The van der Waals surface area contributed by atoms with Gasteiger partial charge in [0.05, 0.1) is 34.2 Å². The van der Waals surface area contributed by atoms with Crippen molar-refractivity contribution in [3.8, 4) is 22.9 Å². The van der Waals surface area contributed by atoms with Crippen molar-refractivity contribution in [3.05, 3.63) is 84.6 Å². The quantitative estimate of drug-likeness (QED) is 0.379. The Bertz CT molecular complexity index is 1770. The molecule has 4 heterocycles. The number of benzene rings is 2. The van der Waals surface area contributed by atoms with Gasteiger partial charge in [-0.25, -0.2) is 0 Å². The molecule has 6 aromatic rings. The van der Waals surface area contributed by atoms with Crippen molar-refractivity contribution in [1.82, 2.24) is 29.1 Å². The van der Waals surface area contributed by atoms with Crippen LogP contribution in [0.4, 0.5) is 0 Å². The largest absolute Gasteiger partial charge is 0.276 e. The second-order valence-electron chi connectivity index (χ2n) is 8.92. The Labute approximate surface area is 195 Å². The standard InChI is InChI=1S/C27H19N7/c1-17-31-32-26-33(17)24-15-30-23-9-4-18(19-3-2-12-29-14-19)13-22(23)25(24)34(26)21-7-5-20(6-8-21)27(16-28)10-11-27/h2-9,12-15H,10-11H2,1H3. The summed E-state index contributed by atoms with van der Waals surface area (Å²) in [6.45, 7) is 1.95. The highest BCUT2D eigenvalue weighted by Gasteiger charge is 2.44. The minimum atomic E-state index is -0.312. The summed E-state index contributed by atoms with van der Waals surface area (Å²) in [6.07, 6.45) is 7.40. The fraction of sp³-hybridized carbons (Fsp3) is 0.148. The van der Waals surface area contributed by atoms with E-state index in [0.717, 1.165) is 68.8 Å². The second-order valence-corrected chi connectivity index (χ2v) is 8.92. The highest BCUT2D eigenvalue weighted by molar-refractivity contribution is 6.06. The molecule has 0 spiro atoms. The molecule has 7 heteroatoms. The average Bonchev–Trinajstić information content (AvgIpc) is 3.50. The van der Waals surface area contributed by atoms with Gasteiger partial charge in [0.15, 0.2) is 0 Å². The van der Waals surface area contributed by atoms with E-state index in [1.807, 2.05) is 29.8 Å². The van der Waals surface area contributed by atoms with Crippen molar-refractivity contribution in [1.29, 1.82) is 5.26 Å². The zero-order chi connectivity index (χ0) is 22.9. The number of nitrogens with zero attached hydrogens (tertiary/aromatic N) is 7. The molecule has 0 aliphatic heterocycles. The predicted octanol–water partition coefficient (Wildman–Crippen LogP) is 5.15. The van der Waals surface area contributed by atoms with Gasteiger partial charge in [0.1, 0.15) is 5.82 Å². The maximum atomic E-state index is 9.60. The molecule has 162 valence electrons. The Morgan fingerprint density at radius 1 is 0.971 bits per heavy atom. The van der Waals surface area contributed by atoms with Gasteiger partial charge in [-0.15, -0.1) is 10.2 Å².